The number of aldehydes is 1. The highest BCUT2D eigenvalue weighted by Crippen LogP contribution is 2.13. The van der Waals surface area contributed by atoms with Gasteiger partial charge in [-0.2, -0.15) is 0 Å². The van der Waals surface area contributed by atoms with Gasteiger partial charge in [0.25, 0.3) is 0 Å². The fourth-order valence-corrected chi connectivity index (χ4v) is 1.32. The summed E-state index contributed by atoms with van der Waals surface area (Å²) >= 11 is 0. The minimum absolute atomic E-state index is 0.296. The summed E-state index contributed by atoms with van der Waals surface area (Å²) in [6.07, 6.45) is 4.26. The van der Waals surface area contributed by atoms with Gasteiger partial charge in [-0.25, -0.2) is 9.78 Å². The zero-order chi connectivity index (χ0) is 11.3. The van der Waals surface area contributed by atoms with Crippen LogP contribution in [0.4, 0.5) is 0 Å². The highest BCUT2D eigenvalue weighted by Gasteiger charge is 2.19. The van der Waals surface area contributed by atoms with E-state index in [0.29, 0.717) is 25.0 Å². The lowest BCUT2D eigenvalue weighted by molar-refractivity contribution is -0.147. The van der Waals surface area contributed by atoms with Gasteiger partial charge in [0.2, 0.25) is 0 Å². The van der Waals surface area contributed by atoms with Crippen LogP contribution >= 0.6 is 0 Å². The molecule has 82 valence electrons. The second-order valence-electron chi connectivity index (χ2n) is 3.04. The predicted octanol–water partition coefficient (Wildman–Crippen LogP) is 1.21. The second-order valence-corrected chi connectivity index (χ2v) is 3.04. The molecule has 0 radical (unpaired) electrons. The van der Waals surface area contributed by atoms with Gasteiger partial charge in [0.1, 0.15) is 11.7 Å². The van der Waals surface area contributed by atoms with E-state index in [1.165, 1.54) is 12.5 Å². The number of imidazole rings is 1. The third-order valence-electron chi connectivity index (χ3n) is 2.05. The standard InChI is InChI=1S/C10H14N2O3/c1-3-9(10(14)15-4-2)12-5-8(6-13)11-7-12/h5-7,9H,3-4H2,1-2H3. The number of hydrogen-bond acceptors (Lipinski definition) is 4. The summed E-state index contributed by atoms with van der Waals surface area (Å²) in [5.41, 5.74) is 0.317. The van der Waals surface area contributed by atoms with Crippen molar-refractivity contribution < 1.29 is 14.3 Å². The Morgan fingerprint density at radius 1 is 1.67 bits per heavy atom. The molecule has 0 aromatic carbocycles. The fraction of sp³-hybridized carbons (Fsp3) is 0.500. The predicted molar refractivity (Wildman–Crippen MR) is 53.6 cm³/mol. The molecule has 5 nitrogen and oxygen atoms in total. The average Bonchev–Trinajstić information content (AvgIpc) is 2.68. The van der Waals surface area contributed by atoms with E-state index in [0.717, 1.165) is 0 Å². The molecule has 15 heavy (non-hydrogen) atoms. The molecule has 0 saturated heterocycles. The molecule has 1 heterocycles. The molecule has 0 bridgehead atoms. The van der Waals surface area contributed by atoms with Crippen molar-refractivity contribution in [2.24, 2.45) is 0 Å². The van der Waals surface area contributed by atoms with E-state index in [9.17, 15) is 9.59 Å². The number of carbonyl (C=O) groups excluding carboxylic acids is 2. The number of ether oxygens (including phenoxy) is 1. The lowest BCUT2D eigenvalue weighted by Crippen LogP contribution is -2.20. The molecule has 0 aliphatic carbocycles. The van der Waals surface area contributed by atoms with E-state index >= 15 is 0 Å². The molecule has 0 fully saturated rings. The molecule has 0 amide bonds. The lowest BCUT2D eigenvalue weighted by Gasteiger charge is -2.14. The van der Waals surface area contributed by atoms with Gasteiger partial charge in [0.05, 0.1) is 12.9 Å². The van der Waals surface area contributed by atoms with Gasteiger partial charge in [0.15, 0.2) is 6.29 Å². The first-order chi connectivity index (χ1) is 7.22. The zero-order valence-electron chi connectivity index (χ0n) is 8.84. The normalized spacial score (nSPS) is 12.1. The minimum atomic E-state index is -0.397. The van der Waals surface area contributed by atoms with Gasteiger partial charge in [0, 0.05) is 6.20 Å². The number of aromatic nitrogens is 2. The van der Waals surface area contributed by atoms with Crippen LogP contribution in [0.5, 0.6) is 0 Å². The molecule has 1 atom stereocenters. The van der Waals surface area contributed by atoms with Crippen LogP contribution < -0.4 is 0 Å². The van der Waals surface area contributed by atoms with E-state index in [2.05, 4.69) is 4.98 Å². The van der Waals surface area contributed by atoms with Gasteiger partial charge in [-0.3, -0.25) is 4.79 Å². The summed E-state index contributed by atoms with van der Waals surface area (Å²) in [5, 5.41) is 0. The third-order valence-corrected chi connectivity index (χ3v) is 2.05. The van der Waals surface area contributed by atoms with Crippen LogP contribution in [0, 0.1) is 0 Å². The Morgan fingerprint density at radius 3 is 2.87 bits per heavy atom. The number of rotatable bonds is 5. The molecule has 1 unspecified atom stereocenters. The molecule has 0 saturated carbocycles. The third kappa shape index (κ3) is 2.65. The van der Waals surface area contributed by atoms with Crippen LogP contribution in [0.2, 0.25) is 0 Å². The maximum atomic E-state index is 11.5. The van der Waals surface area contributed by atoms with Crippen LogP contribution in [-0.2, 0) is 9.53 Å². The first-order valence-electron chi connectivity index (χ1n) is 4.88. The fourth-order valence-electron chi connectivity index (χ4n) is 1.32. The summed E-state index contributed by atoms with van der Waals surface area (Å²) in [4.78, 5) is 25.8. The minimum Gasteiger partial charge on any atom is -0.464 e. The van der Waals surface area contributed by atoms with Crippen molar-refractivity contribution in [3.63, 3.8) is 0 Å². The summed E-state index contributed by atoms with van der Waals surface area (Å²) < 4.78 is 6.52. The topological polar surface area (TPSA) is 61.2 Å². The molecule has 0 N–H and O–H groups in total. The lowest BCUT2D eigenvalue weighted by atomic mass is 10.2. The SMILES string of the molecule is CCOC(=O)C(CC)n1cnc(C=O)c1. The van der Waals surface area contributed by atoms with Crippen molar-refractivity contribution >= 4 is 12.3 Å². The quantitative estimate of drug-likeness (QED) is 0.541. The van der Waals surface area contributed by atoms with Gasteiger partial charge in [-0.15, -0.1) is 0 Å². The molecule has 0 aliphatic rings. The van der Waals surface area contributed by atoms with Crippen molar-refractivity contribution in [1.29, 1.82) is 0 Å². The molecule has 1 aromatic rings. The summed E-state index contributed by atoms with van der Waals surface area (Å²) in [5.74, 6) is -0.296. The second kappa shape index (κ2) is 5.29. The smallest absolute Gasteiger partial charge is 0.329 e. The number of nitrogens with zero attached hydrogens (tertiary/aromatic N) is 2. The highest BCUT2D eigenvalue weighted by molar-refractivity contribution is 5.75. The first-order valence-corrected chi connectivity index (χ1v) is 4.88. The Labute approximate surface area is 88.1 Å². The van der Waals surface area contributed by atoms with Gasteiger partial charge < -0.3 is 9.30 Å². The van der Waals surface area contributed by atoms with Crippen LogP contribution in [0.15, 0.2) is 12.5 Å². The highest BCUT2D eigenvalue weighted by atomic mass is 16.5. The van der Waals surface area contributed by atoms with Gasteiger partial charge in [-0.05, 0) is 13.3 Å². The summed E-state index contributed by atoms with van der Waals surface area (Å²) in [6.45, 7) is 3.99. The molecule has 5 heteroatoms. The summed E-state index contributed by atoms with van der Waals surface area (Å²) in [6, 6.07) is -0.397. The average molecular weight is 210 g/mol. The maximum absolute atomic E-state index is 11.5. The molecule has 0 aliphatic heterocycles. The number of esters is 1. The number of carbonyl (C=O) groups is 2. The Balaban J connectivity index is 2.81. The maximum Gasteiger partial charge on any atom is 0.329 e. The Morgan fingerprint density at radius 2 is 2.40 bits per heavy atom. The van der Waals surface area contributed by atoms with E-state index in [1.807, 2.05) is 6.92 Å². The van der Waals surface area contributed by atoms with Gasteiger partial charge >= 0.3 is 5.97 Å². The van der Waals surface area contributed by atoms with Crippen molar-refractivity contribution in [2.75, 3.05) is 6.61 Å². The van der Waals surface area contributed by atoms with Crippen LogP contribution in [0.25, 0.3) is 0 Å². The van der Waals surface area contributed by atoms with Crippen LogP contribution in [-0.4, -0.2) is 28.4 Å². The zero-order valence-corrected chi connectivity index (χ0v) is 8.84. The largest absolute Gasteiger partial charge is 0.464 e. The van der Waals surface area contributed by atoms with E-state index in [1.54, 1.807) is 11.5 Å². The van der Waals surface area contributed by atoms with Crippen molar-refractivity contribution in [3.05, 3.63) is 18.2 Å². The van der Waals surface area contributed by atoms with Crippen molar-refractivity contribution in [1.82, 2.24) is 9.55 Å². The molecule has 1 rings (SSSR count). The van der Waals surface area contributed by atoms with E-state index < -0.39 is 6.04 Å². The Hall–Kier alpha value is -1.65. The Bertz CT molecular complexity index is 346. The first kappa shape index (κ1) is 11.4. The van der Waals surface area contributed by atoms with E-state index in [4.69, 9.17) is 4.74 Å². The molecular weight excluding hydrogens is 196 g/mol. The van der Waals surface area contributed by atoms with Gasteiger partial charge in [-0.1, -0.05) is 6.92 Å². The molecular formula is C10H14N2O3. The molecule has 0 spiro atoms. The van der Waals surface area contributed by atoms with Crippen LogP contribution in [0.3, 0.4) is 0 Å². The molecule has 1 aromatic heterocycles. The van der Waals surface area contributed by atoms with Crippen molar-refractivity contribution in [2.45, 2.75) is 26.3 Å². The Kier molecular flexibility index (Phi) is 4.03. The monoisotopic (exact) mass is 210 g/mol. The van der Waals surface area contributed by atoms with E-state index in [-0.39, 0.29) is 5.97 Å². The van der Waals surface area contributed by atoms with Crippen molar-refractivity contribution in [3.8, 4) is 0 Å². The summed E-state index contributed by atoms with van der Waals surface area (Å²) in [7, 11) is 0. The number of hydrogen-bond donors (Lipinski definition) is 0. The van der Waals surface area contributed by atoms with Crippen LogP contribution in [0.1, 0.15) is 36.8 Å².